The van der Waals surface area contributed by atoms with Crippen LogP contribution in [0.25, 0.3) is 0 Å². The van der Waals surface area contributed by atoms with E-state index in [4.69, 9.17) is 0 Å². The summed E-state index contributed by atoms with van der Waals surface area (Å²) in [6.45, 7) is 13.3. The Bertz CT molecular complexity index is 394. The third kappa shape index (κ3) is 4.54. The first kappa shape index (κ1) is 16.0. The first-order valence-corrected chi connectivity index (χ1v) is 8.58. The van der Waals surface area contributed by atoms with Crippen LogP contribution in [0.1, 0.15) is 60.8 Å². The van der Waals surface area contributed by atoms with Crippen LogP contribution in [-0.2, 0) is 10.0 Å². The Hall–Kier alpha value is -0.0900. The molecule has 0 aromatic carbocycles. The molecule has 0 aliphatic heterocycles. The van der Waals surface area contributed by atoms with Crippen LogP contribution >= 0.6 is 0 Å². The van der Waals surface area contributed by atoms with Crippen molar-refractivity contribution in [1.29, 1.82) is 0 Å². The second-order valence-corrected chi connectivity index (χ2v) is 10.1. The normalized spacial score (nSPS) is 20.2. The van der Waals surface area contributed by atoms with E-state index in [2.05, 4.69) is 20.8 Å². The van der Waals surface area contributed by atoms with Gasteiger partial charge in [0.2, 0.25) is 10.0 Å². The van der Waals surface area contributed by atoms with Crippen LogP contribution < -0.4 is 0 Å². The van der Waals surface area contributed by atoms with Crippen LogP contribution in [-0.4, -0.2) is 31.1 Å². The van der Waals surface area contributed by atoms with Crippen LogP contribution in [0.5, 0.6) is 0 Å². The summed E-state index contributed by atoms with van der Waals surface area (Å²) in [4.78, 5) is 0. The maximum atomic E-state index is 12.0. The molecule has 1 aliphatic rings. The van der Waals surface area contributed by atoms with Crippen molar-refractivity contribution in [1.82, 2.24) is 4.31 Å². The van der Waals surface area contributed by atoms with E-state index in [1.165, 1.54) is 6.26 Å². The van der Waals surface area contributed by atoms with Crippen LogP contribution in [0.4, 0.5) is 0 Å². The monoisotopic (exact) mass is 275 g/mol. The molecule has 3 nitrogen and oxygen atoms in total. The van der Waals surface area contributed by atoms with Crippen molar-refractivity contribution in [2.24, 2.45) is 10.8 Å². The molecule has 18 heavy (non-hydrogen) atoms. The molecule has 1 fully saturated rings. The largest absolute Gasteiger partial charge is 0.212 e. The maximum Gasteiger partial charge on any atom is 0.211 e. The van der Waals surface area contributed by atoms with Gasteiger partial charge in [0.1, 0.15) is 0 Å². The molecule has 1 aliphatic carbocycles. The molecule has 0 amide bonds. The Morgan fingerprint density at radius 2 is 1.50 bits per heavy atom. The molecule has 1 saturated carbocycles. The van der Waals surface area contributed by atoms with Gasteiger partial charge in [-0.2, -0.15) is 4.31 Å². The zero-order valence-electron chi connectivity index (χ0n) is 13.0. The number of hydrogen-bond acceptors (Lipinski definition) is 2. The minimum absolute atomic E-state index is 0.217. The second-order valence-electron chi connectivity index (χ2n) is 8.18. The highest BCUT2D eigenvalue weighted by Crippen LogP contribution is 2.54. The SMILES string of the molecule is CC(C)(C)CC1(CN(C(C)(C)C)S(C)(=O)=O)CC1. The third-order valence-electron chi connectivity index (χ3n) is 3.49. The number of rotatable bonds is 4. The summed E-state index contributed by atoms with van der Waals surface area (Å²) in [7, 11) is -3.14. The fraction of sp³-hybridized carbons (Fsp3) is 1.00. The number of sulfonamides is 1. The molecular formula is C14H29NO2S. The van der Waals surface area contributed by atoms with E-state index < -0.39 is 10.0 Å². The summed E-state index contributed by atoms with van der Waals surface area (Å²) in [5.41, 5.74) is 0.146. The van der Waals surface area contributed by atoms with Gasteiger partial charge in [-0.15, -0.1) is 0 Å². The van der Waals surface area contributed by atoms with Crippen molar-refractivity contribution in [3.8, 4) is 0 Å². The van der Waals surface area contributed by atoms with Crippen molar-refractivity contribution in [3.63, 3.8) is 0 Å². The van der Waals surface area contributed by atoms with E-state index in [0.29, 0.717) is 6.54 Å². The Kier molecular flexibility index (Phi) is 3.97. The third-order valence-corrected chi connectivity index (χ3v) is 4.97. The lowest BCUT2D eigenvalue weighted by molar-refractivity contribution is 0.174. The van der Waals surface area contributed by atoms with Crippen molar-refractivity contribution in [2.45, 2.75) is 66.3 Å². The highest BCUT2D eigenvalue weighted by Gasteiger charge is 2.49. The van der Waals surface area contributed by atoms with E-state index in [1.54, 1.807) is 4.31 Å². The molecule has 0 bridgehead atoms. The summed E-state index contributed by atoms with van der Waals surface area (Å²) >= 11 is 0. The highest BCUT2D eigenvalue weighted by molar-refractivity contribution is 7.88. The summed E-state index contributed by atoms with van der Waals surface area (Å²) in [6, 6.07) is 0. The topological polar surface area (TPSA) is 37.4 Å². The maximum absolute atomic E-state index is 12.0. The predicted molar refractivity (Wildman–Crippen MR) is 77.0 cm³/mol. The van der Waals surface area contributed by atoms with Crippen LogP contribution in [0.15, 0.2) is 0 Å². The minimum Gasteiger partial charge on any atom is -0.212 e. The van der Waals surface area contributed by atoms with Crippen LogP contribution in [0.2, 0.25) is 0 Å². The lowest BCUT2D eigenvalue weighted by Crippen LogP contribution is -2.48. The van der Waals surface area contributed by atoms with Gasteiger partial charge >= 0.3 is 0 Å². The van der Waals surface area contributed by atoms with Crippen molar-refractivity contribution >= 4 is 10.0 Å². The Labute approximate surface area is 113 Å². The van der Waals surface area contributed by atoms with E-state index in [9.17, 15) is 8.42 Å². The van der Waals surface area contributed by atoms with Gasteiger partial charge in [0.25, 0.3) is 0 Å². The van der Waals surface area contributed by atoms with E-state index in [1.807, 2.05) is 20.8 Å². The molecule has 0 atom stereocenters. The molecule has 4 heteroatoms. The fourth-order valence-electron chi connectivity index (χ4n) is 2.85. The minimum atomic E-state index is -3.14. The van der Waals surface area contributed by atoms with E-state index in [-0.39, 0.29) is 16.4 Å². The van der Waals surface area contributed by atoms with Gasteiger partial charge in [-0.25, -0.2) is 8.42 Å². The first-order valence-electron chi connectivity index (χ1n) is 6.73. The standard InChI is InChI=1S/C14H29NO2S/c1-12(2,3)10-14(8-9-14)11-15(13(4,5)6)18(7,16)17/h8-11H2,1-7H3. The van der Waals surface area contributed by atoms with Crippen LogP contribution in [0.3, 0.4) is 0 Å². The molecular weight excluding hydrogens is 246 g/mol. The lowest BCUT2D eigenvalue weighted by atomic mass is 9.82. The average molecular weight is 275 g/mol. The molecule has 0 aromatic heterocycles. The molecule has 0 aromatic rings. The zero-order chi connectivity index (χ0) is 14.4. The average Bonchev–Trinajstić information content (AvgIpc) is 2.74. The molecule has 0 radical (unpaired) electrons. The Morgan fingerprint density at radius 1 is 1.06 bits per heavy atom. The molecule has 108 valence electrons. The van der Waals surface area contributed by atoms with Gasteiger partial charge < -0.3 is 0 Å². The lowest BCUT2D eigenvalue weighted by Gasteiger charge is -2.37. The highest BCUT2D eigenvalue weighted by atomic mass is 32.2. The number of nitrogens with zero attached hydrogens (tertiary/aromatic N) is 1. The predicted octanol–water partition coefficient (Wildman–Crippen LogP) is 3.26. The quantitative estimate of drug-likeness (QED) is 0.789. The molecule has 0 saturated heterocycles. The summed E-state index contributed by atoms with van der Waals surface area (Å²) in [5, 5.41) is 0. The van der Waals surface area contributed by atoms with Gasteiger partial charge in [-0.05, 0) is 50.9 Å². The fourth-order valence-corrected chi connectivity index (χ4v) is 4.35. The first-order chi connectivity index (χ1) is 7.75. The Morgan fingerprint density at radius 3 is 1.72 bits per heavy atom. The van der Waals surface area contributed by atoms with Gasteiger partial charge in [0.15, 0.2) is 0 Å². The molecule has 1 rings (SSSR count). The summed E-state index contributed by atoms with van der Waals surface area (Å²) in [6.07, 6.45) is 4.74. The van der Waals surface area contributed by atoms with Crippen molar-refractivity contribution in [3.05, 3.63) is 0 Å². The Balaban J connectivity index is 2.87. The van der Waals surface area contributed by atoms with Gasteiger partial charge in [0.05, 0.1) is 6.26 Å². The molecule has 0 N–H and O–H groups in total. The van der Waals surface area contributed by atoms with Gasteiger partial charge in [0, 0.05) is 12.1 Å². The molecule has 0 unspecified atom stereocenters. The van der Waals surface area contributed by atoms with Gasteiger partial charge in [-0.1, -0.05) is 20.8 Å². The second kappa shape index (κ2) is 4.48. The van der Waals surface area contributed by atoms with E-state index in [0.717, 1.165) is 19.3 Å². The van der Waals surface area contributed by atoms with E-state index >= 15 is 0 Å². The molecule has 0 spiro atoms. The summed E-state index contributed by atoms with van der Waals surface area (Å²) in [5.74, 6) is 0. The van der Waals surface area contributed by atoms with Gasteiger partial charge in [-0.3, -0.25) is 0 Å². The van der Waals surface area contributed by atoms with Crippen molar-refractivity contribution in [2.75, 3.05) is 12.8 Å². The van der Waals surface area contributed by atoms with Crippen molar-refractivity contribution < 1.29 is 8.42 Å². The number of hydrogen-bond donors (Lipinski definition) is 0. The smallest absolute Gasteiger partial charge is 0.211 e. The van der Waals surface area contributed by atoms with Crippen LogP contribution in [0, 0.1) is 10.8 Å². The summed E-state index contributed by atoms with van der Waals surface area (Å²) < 4.78 is 25.6. The molecule has 0 heterocycles. The zero-order valence-corrected chi connectivity index (χ0v) is 13.8.